The number of ketones is 1. The molecule has 0 aromatic carbocycles. The monoisotopic (exact) mass is 180 g/mol. The second kappa shape index (κ2) is 4.21. The van der Waals surface area contributed by atoms with E-state index >= 15 is 0 Å². The minimum absolute atomic E-state index is 0.136. The number of aryl methyl sites for hydroxylation is 2. The summed E-state index contributed by atoms with van der Waals surface area (Å²) >= 11 is 0. The molecule has 0 atom stereocenters. The first-order valence-electron chi connectivity index (χ1n) is 4.61. The molecule has 3 nitrogen and oxygen atoms in total. The molecule has 0 unspecified atom stereocenters. The summed E-state index contributed by atoms with van der Waals surface area (Å²) in [5.74, 6) is 0.435. The van der Waals surface area contributed by atoms with Crippen molar-refractivity contribution in [1.82, 2.24) is 9.78 Å². The van der Waals surface area contributed by atoms with E-state index in [1.54, 1.807) is 6.20 Å². The van der Waals surface area contributed by atoms with Gasteiger partial charge in [0.15, 0.2) is 0 Å². The molecule has 0 aliphatic heterocycles. The lowest BCUT2D eigenvalue weighted by Gasteiger charge is -2.03. The van der Waals surface area contributed by atoms with Crippen molar-refractivity contribution in [3.05, 3.63) is 18.0 Å². The molecule has 0 fully saturated rings. The first-order valence-corrected chi connectivity index (χ1v) is 4.61. The second-order valence-electron chi connectivity index (χ2n) is 3.65. The molecule has 0 bridgehead atoms. The second-order valence-corrected chi connectivity index (χ2v) is 3.65. The number of nitrogens with zero attached hydrogens (tertiary/aromatic N) is 2. The summed E-state index contributed by atoms with van der Waals surface area (Å²) in [6, 6.07) is 0. The Bertz CT molecular complexity index is 289. The van der Waals surface area contributed by atoms with Gasteiger partial charge in [0.05, 0.1) is 6.20 Å². The van der Waals surface area contributed by atoms with Gasteiger partial charge in [-0.2, -0.15) is 5.10 Å². The van der Waals surface area contributed by atoms with Gasteiger partial charge >= 0.3 is 0 Å². The average molecular weight is 180 g/mol. The quantitative estimate of drug-likeness (QED) is 0.708. The predicted molar refractivity (Wildman–Crippen MR) is 51.4 cm³/mol. The highest BCUT2D eigenvalue weighted by atomic mass is 16.1. The van der Waals surface area contributed by atoms with Crippen LogP contribution in [-0.2, 0) is 11.3 Å². The highest BCUT2D eigenvalue weighted by Gasteiger charge is 2.06. The van der Waals surface area contributed by atoms with E-state index in [0.717, 1.165) is 5.56 Å². The molecule has 1 aromatic heterocycles. The van der Waals surface area contributed by atoms with Gasteiger partial charge < -0.3 is 0 Å². The largest absolute Gasteiger partial charge is 0.299 e. The van der Waals surface area contributed by atoms with Gasteiger partial charge in [0.25, 0.3) is 0 Å². The van der Waals surface area contributed by atoms with Crippen LogP contribution >= 0.6 is 0 Å². The Hall–Kier alpha value is -1.12. The number of carbonyl (C=O) groups excluding carboxylic acids is 1. The van der Waals surface area contributed by atoms with Crippen molar-refractivity contribution in [3.63, 3.8) is 0 Å². The van der Waals surface area contributed by atoms with E-state index in [-0.39, 0.29) is 5.92 Å². The molecule has 0 saturated carbocycles. The maximum Gasteiger partial charge on any atom is 0.137 e. The predicted octanol–water partition coefficient (Wildman–Crippen LogP) is 1.81. The van der Waals surface area contributed by atoms with Crippen LogP contribution in [0.3, 0.4) is 0 Å². The molecule has 1 aromatic rings. The minimum atomic E-state index is 0.136. The summed E-state index contributed by atoms with van der Waals surface area (Å²) in [5, 5.41) is 4.11. The van der Waals surface area contributed by atoms with Gasteiger partial charge in [-0.3, -0.25) is 9.48 Å². The van der Waals surface area contributed by atoms with E-state index in [4.69, 9.17) is 0 Å². The topological polar surface area (TPSA) is 34.9 Å². The highest BCUT2D eigenvalue weighted by molar-refractivity contribution is 5.80. The van der Waals surface area contributed by atoms with Crippen molar-refractivity contribution in [1.29, 1.82) is 0 Å². The fraction of sp³-hybridized carbons (Fsp3) is 0.600. The van der Waals surface area contributed by atoms with Crippen LogP contribution in [0.25, 0.3) is 0 Å². The van der Waals surface area contributed by atoms with Gasteiger partial charge in [0, 0.05) is 25.1 Å². The van der Waals surface area contributed by atoms with Gasteiger partial charge in [0.2, 0.25) is 0 Å². The Labute approximate surface area is 78.8 Å². The molecule has 0 N–H and O–H groups in total. The molecule has 3 heteroatoms. The van der Waals surface area contributed by atoms with E-state index < -0.39 is 0 Å². The highest BCUT2D eigenvalue weighted by Crippen LogP contribution is 2.01. The minimum Gasteiger partial charge on any atom is -0.299 e. The molecule has 0 spiro atoms. The molecule has 0 aliphatic carbocycles. The Balaban J connectivity index is 2.39. The number of Topliss-reactive ketones (excluding diaryl/α,β-unsaturated/α-hetero) is 1. The SMILES string of the molecule is Cc1cnn(CCC(=O)C(C)C)c1. The number of hydrogen-bond donors (Lipinski definition) is 0. The number of carbonyl (C=O) groups is 1. The van der Waals surface area contributed by atoms with Gasteiger partial charge in [-0.25, -0.2) is 0 Å². The van der Waals surface area contributed by atoms with Crippen LogP contribution in [0.2, 0.25) is 0 Å². The zero-order valence-corrected chi connectivity index (χ0v) is 8.45. The molecular weight excluding hydrogens is 164 g/mol. The van der Waals surface area contributed by atoms with Gasteiger partial charge in [-0.05, 0) is 12.5 Å². The van der Waals surface area contributed by atoms with Crippen LogP contribution in [0.1, 0.15) is 25.8 Å². The van der Waals surface area contributed by atoms with Crippen LogP contribution in [0.5, 0.6) is 0 Å². The number of hydrogen-bond acceptors (Lipinski definition) is 2. The molecule has 1 rings (SSSR count). The van der Waals surface area contributed by atoms with E-state index in [1.165, 1.54) is 0 Å². The molecule has 13 heavy (non-hydrogen) atoms. The average Bonchev–Trinajstić information content (AvgIpc) is 2.47. The van der Waals surface area contributed by atoms with E-state index in [9.17, 15) is 4.79 Å². The Morgan fingerprint density at radius 3 is 2.77 bits per heavy atom. The lowest BCUT2D eigenvalue weighted by Crippen LogP contribution is -2.11. The summed E-state index contributed by atoms with van der Waals surface area (Å²) in [6.07, 6.45) is 4.34. The van der Waals surface area contributed by atoms with Crippen LogP contribution in [0, 0.1) is 12.8 Å². The van der Waals surface area contributed by atoms with E-state index in [0.29, 0.717) is 18.7 Å². The molecule has 0 amide bonds. The molecule has 0 aliphatic rings. The summed E-state index contributed by atoms with van der Waals surface area (Å²) in [7, 11) is 0. The van der Waals surface area contributed by atoms with Crippen LogP contribution < -0.4 is 0 Å². The van der Waals surface area contributed by atoms with Crippen molar-refractivity contribution < 1.29 is 4.79 Å². The zero-order valence-electron chi connectivity index (χ0n) is 8.45. The van der Waals surface area contributed by atoms with Crippen LogP contribution in [-0.4, -0.2) is 15.6 Å². The fourth-order valence-corrected chi connectivity index (χ4v) is 1.10. The van der Waals surface area contributed by atoms with E-state index in [1.807, 2.05) is 31.6 Å². The maximum absolute atomic E-state index is 11.3. The normalized spacial score (nSPS) is 10.8. The molecule has 0 saturated heterocycles. The summed E-state index contributed by atoms with van der Waals surface area (Å²) in [6.45, 7) is 6.55. The molecule has 0 radical (unpaired) electrons. The van der Waals surface area contributed by atoms with Crippen molar-refractivity contribution in [2.45, 2.75) is 33.7 Å². The molecule has 1 heterocycles. The maximum atomic E-state index is 11.3. The van der Waals surface area contributed by atoms with Crippen molar-refractivity contribution in [2.75, 3.05) is 0 Å². The standard InChI is InChI=1S/C10H16N2O/c1-8(2)10(13)4-5-12-7-9(3)6-11-12/h6-8H,4-5H2,1-3H3. The summed E-state index contributed by atoms with van der Waals surface area (Å²) in [5.41, 5.74) is 1.14. The van der Waals surface area contributed by atoms with Crippen molar-refractivity contribution in [3.8, 4) is 0 Å². The summed E-state index contributed by atoms with van der Waals surface area (Å²) in [4.78, 5) is 11.3. The Morgan fingerprint density at radius 1 is 1.62 bits per heavy atom. The number of rotatable bonds is 4. The van der Waals surface area contributed by atoms with Gasteiger partial charge in [-0.15, -0.1) is 0 Å². The smallest absolute Gasteiger partial charge is 0.137 e. The zero-order chi connectivity index (χ0) is 9.84. The summed E-state index contributed by atoms with van der Waals surface area (Å²) < 4.78 is 1.82. The van der Waals surface area contributed by atoms with Crippen molar-refractivity contribution >= 4 is 5.78 Å². The van der Waals surface area contributed by atoms with E-state index in [2.05, 4.69) is 5.10 Å². The third kappa shape index (κ3) is 3.01. The molecular formula is C10H16N2O. The Kier molecular flexibility index (Phi) is 3.23. The Morgan fingerprint density at radius 2 is 2.31 bits per heavy atom. The van der Waals surface area contributed by atoms with Crippen LogP contribution in [0.15, 0.2) is 12.4 Å². The third-order valence-corrected chi connectivity index (χ3v) is 1.99. The lowest BCUT2D eigenvalue weighted by atomic mass is 10.1. The number of aromatic nitrogens is 2. The van der Waals surface area contributed by atoms with Gasteiger partial charge in [-0.1, -0.05) is 13.8 Å². The third-order valence-electron chi connectivity index (χ3n) is 1.99. The lowest BCUT2D eigenvalue weighted by molar-refractivity contribution is -0.122. The fourth-order valence-electron chi connectivity index (χ4n) is 1.10. The molecule has 72 valence electrons. The first kappa shape index (κ1) is 9.96. The van der Waals surface area contributed by atoms with Crippen molar-refractivity contribution in [2.24, 2.45) is 5.92 Å². The first-order chi connectivity index (χ1) is 6.09. The van der Waals surface area contributed by atoms with Gasteiger partial charge in [0.1, 0.15) is 5.78 Å². The van der Waals surface area contributed by atoms with Crippen LogP contribution in [0.4, 0.5) is 0 Å².